The summed E-state index contributed by atoms with van der Waals surface area (Å²) in [6.45, 7) is 1.94. The van der Waals surface area contributed by atoms with Crippen LogP contribution < -0.4 is 15.2 Å². The minimum absolute atomic E-state index is 0.564. The molecule has 2 N–H and O–H groups in total. The van der Waals surface area contributed by atoms with Crippen LogP contribution in [0.2, 0.25) is 0 Å². The molecule has 4 heteroatoms. The number of nitrogens with two attached hydrogens (primary N) is 1. The van der Waals surface area contributed by atoms with Gasteiger partial charge in [0.1, 0.15) is 0 Å². The predicted molar refractivity (Wildman–Crippen MR) is 69.4 cm³/mol. The lowest BCUT2D eigenvalue weighted by Gasteiger charge is -2.14. The lowest BCUT2D eigenvalue weighted by Crippen LogP contribution is -2.02. The van der Waals surface area contributed by atoms with Crippen molar-refractivity contribution in [3.05, 3.63) is 23.3 Å². The molecule has 0 bridgehead atoms. The lowest BCUT2D eigenvalue weighted by atomic mass is 10.0. The maximum atomic E-state index is 11.0. The summed E-state index contributed by atoms with van der Waals surface area (Å²) in [6.07, 6.45) is 4.58. The highest BCUT2D eigenvalue weighted by Crippen LogP contribution is 2.36. The Morgan fingerprint density at radius 3 is 2.67 bits per heavy atom. The minimum Gasteiger partial charge on any atom is -0.489 e. The second-order valence-electron chi connectivity index (χ2n) is 4.39. The van der Waals surface area contributed by atoms with E-state index < -0.39 is 0 Å². The number of aryl methyl sites for hydroxylation is 1. The Hall–Kier alpha value is -1.55. The van der Waals surface area contributed by atoms with Crippen LogP contribution in [0, 0.1) is 0 Å². The molecule has 1 aromatic carbocycles. The van der Waals surface area contributed by atoms with Gasteiger partial charge in [0, 0.05) is 6.42 Å². The summed E-state index contributed by atoms with van der Waals surface area (Å²) in [6, 6.07) is 3.76. The third kappa shape index (κ3) is 2.82. The minimum atomic E-state index is 0.564. The van der Waals surface area contributed by atoms with E-state index in [0.29, 0.717) is 31.1 Å². The summed E-state index contributed by atoms with van der Waals surface area (Å²) in [5.74, 6) is 1.35. The lowest BCUT2D eigenvalue weighted by molar-refractivity contribution is 0.111. The van der Waals surface area contributed by atoms with Crippen LogP contribution in [0.4, 0.5) is 0 Å². The molecule has 1 aromatic rings. The number of hydrogen-bond acceptors (Lipinski definition) is 4. The molecule has 0 saturated carbocycles. The van der Waals surface area contributed by atoms with Gasteiger partial charge in [-0.05, 0) is 37.4 Å². The molecule has 0 unspecified atom stereocenters. The van der Waals surface area contributed by atoms with Crippen LogP contribution in [0.3, 0.4) is 0 Å². The number of aldehydes is 1. The number of carbonyl (C=O) groups excluding carboxylic acids is 1. The molecule has 0 saturated heterocycles. The van der Waals surface area contributed by atoms with Crippen LogP contribution in [-0.4, -0.2) is 26.0 Å². The van der Waals surface area contributed by atoms with Gasteiger partial charge in [-0.2, -0.15) is 0 Å². The quantitative estimate of drug-likeness (QED) is 0.640. The standard InChI is InChI=1S/C14H19NO3/c15-7-2-1-4-11-5-6-12(10-16)14-13(11)17-8-3-9-18-14/h5-6,10H,1-4,7-9,15H2. The first kappa shape index (κ1) is 12.9. The Kier molecular flexibility index (Phi) is 4.59. The molecular formula is C14H19NO3. The molecule has 18 heavy (non-hydrogen) atoms. The maximum absolute atomic E-state index is 11.0. The summed E-state index contributed by atoms with van der Waals surface area (Å²) in [7, 11) is 0. The number of rotatable bonds is 5. The summed E-state index contributed by atoms with van der Waals surface area (Å²) in [4.78, 5) is 11.0. The highest BCUT2D eigenvalue weighted by Gasteiger charge is 2.18. The van der Waals surface area contributed by atoms with Gasteiger partial charge < -0.3 is 15.2 Å². The summed E-state index contributed by atoms with van der Waals surface area (Å²) in [5.41, 5.74) is 7.17. The fourth-order valence-corrected chi connectivity index (χ4v) is 2.08. The summed E-state index contributed by atoms with van der Waals surface area (Å²) >= 11 is 0. The highest BCUT2D eigenvalue weighted by molar-refractivity contribution is 5.82. The van der Waals surface area contributed by atoms with Crippen LogP contribution >= 0.6 is 0 Å². The topological polar surface area (TPSA) is 61.6 Å². The van der Waals surface area contributed by atoms with Crippen molar-refractivity contribution in [2.24, 2.45) is 5.73 Å². The monoisotopic (exact) mass is 249 g/mol. The van der Waals surface area contributed by atoms with Gasteiger partial charge in [0.15, 0.2) is 17.8 Å². The maximum Gasteiger partial charge on any atom is 0.171 e. The average molecular weight is 249 g/mol. The highest BCUT2D eigenvalue weighted by atomic mass is 16.5. The first-order valence-electron chi connectivity index (χ1n) is 6.43. The fraction of sp³-hybridized carbons (Fsp3) is 0.500. The van der Waals surface area contributed by atoms with E-state index in [9.17, 15) is 4.79 Å². The molecule has 2 rings (SSSR count). The fourth-order valence-electron chi connectivity index (χ4n) is 2.08. The number of carbonyl (C=O) groups is 1. The van der Waals surface area contributed by atoms with E-state index in [1.165, 1.54) is 0 Å². The van der Waals surface area contributed by atoms with E-state index in [4.69, 9.17) is 15.2 Å². The van der Waals surface area contributed by atoms with Crippen molar-refractivity contribution in [3.63, 3.8) is 0 Å². The van der Waals surface area contributed by atoms with Crippen molar-refractivity contribution in [1.82, 2.24) is 0 Å². The second-order valence-corrected chi connectivity index (χ2v) is 4.39. The molecule has 1 aliphatic rings. The largest absolute Gasteiger partial charge is 0.489 e. The first-order chi connectivity index (χ1) is 8.86. The van der Waals surface area contributed by atoms with Gasteiger partial charge >= 0.3 is 0 Å². The van der Waals surface area contributed by atoms with Crippen molar-refractivity contribution < 1.29 is 14.3 Å². The van der Waals surface area contributed by atoms with E-state index in [0.717, 1.165) is 43.3 Å². The molecule has 1 heterocycles. The van der Waals surface area contributed by atoms with Crippen LogP contribution in [0.5, 0.6) is 11.5 Å². The number of ether oxygens (including phenoxy) is 2. The molecule has 0 radical (unpaired) electrons. The van der Waals surface area contributed by atoms with Crippen molar-refractivity contribution in [3.8, 4) is 11.5 Å². The summed E-state index contributed by atoms with van der Waals surface area (Å²) in [5, 5.41) is 0. The van der Waals surface area contributed by atoms with E-state index in [2.05, 4.69) is 0 Å². The van der Waals surface area contributed by atoms with Gasteiger partial charge in [-0.25, -0.2) is 0 Å². The van der Waals surface area contributed by atoms with Gasteiger partial charge in [0.05, 0.1) is 18.8 Å². The molecule has 0 aliphatic carbocycles. The molecule has 4 nitrogen and oxygen atoms in total. The van der Waals surface area contributed by atoms with Gasteiger partial charge in [-0.15, -0.1) is 0 Å². The van der Waals surface area contributed by atoms with Gasteiger partial charge in [-0.1, -0.05) is 6.07 Å². The molecule has 0 amide bonds. The first-order valence-corrected chi connectivity index (χ1v) is 6.43. The second kappa shape index (κ2) is 6.40. The summed E-state index contributed by atoms with van der Waals surface area (Å²) < 4.78 is 11.4. The Bertz CT molecular complexity index is 418. The third-order valence-corrected chi connectivity index (χ3v) is 3.03. The number of fused-ring (bicyclic) bond motifs is 1. The number of unbranched alkanes of at least 4 members (excludes halogenated alkanes) is 1. The Morgan fingerprint density at radius 1 is 1.17 bits per heavy atom. The van der Waals surface area contributed by atoms with Crippen molar-refractivity contribution in [1.29, 1.82) is 0 Å². The van der Waals surface area contributed by atoms with Crippen LogP contribution in [0.1, 0.15) is 35.2 Å². The molecule has 0 aromatic heterocycles. The number of benzene rings is 1. The normalized spacial score (nSPS) is 14.1. The Morgan fingerprint density at radius 2 is 1.94 bits per heavy atom. The Labute approximate surface area is 107 Å². The zero-order valence-corrected chi connectivity index (χ0v) is 10.5. The number of hydrogen-bond donors (Lipinski definition) is 1. The average Bonchev–Trinajstić information content (AvgIpc) is 2.65. The molecule has 1 aliphatic heterocycles. The molecule has 98 valence electrons. The Balaban J connectivity index is 2.27. The van der Waals surface area contributed by atoms with Crippen LogP contribution in [-0.2, 0) is 6.42 Å². The van der Waals surface area contributed by atoms with E-state index in [-0.39, 0.29) is 0 Å². The van der Waals surface area contributed by atoms with Gasteiger partial charge in [-0.3, -0.25) is 4.79 Å². The van der Waals surface area contributed by atoms with E-state index >= 15 is 0 Å². The zero-order valence-electron chi connectivity index (χ0n) is 10.5. The third-order valence-electron chi connectivity index (χ3n) is 3.03. The van der Waals surface area contributed by atoms with Gasteiger partial charge in [0.2, 0.25) is 0 Å². The van der Waals surface area contributed by atoms with Crippen molar-refractivity contribution >= 4 is 6.29 Å². The van der Waals surface area contributed by atoms with Crippen LogP contribution in [0.25, 0.3) is 0 Å². The van der Waals surface area contributed by atoms with Gasteiger partial charge in [0.25, 0.3) is 0 Å². The van der Waals surface area contributed by atoms with Crippen LogP contribution in [0.15, 0.2) is 12.1 Å². The molecule has 0 fully saturated rings. The van der Waals surface area contributed by atoms with E-state index in [1.54, 1.807) is 6.07 Å². The predicted octanol–water partition coefficient (Wildman–Crippen LogP) is 1.94. The molecule has 0 atom stereocenters. The molecular weight excluding hydrogens is 230 g/mol. The van der Waals surface area contributed by atoms with E-state index in [1.807, 2.05) is 6.07 Å². The van der Waals surface area contributed by atoms with Crippen molar-refractivity contribution in [2.75, 3.05) is 19.8 Å². The smallest absolute Gasteiger partial charge is 0.171 e. The zero-order chi connectivity index (χ0) is 12.8. The van der Waals surface area contributed by atoms with Crippen molar-refractivity contribution in [2.45, 2.75) is 25.7 Å². The molecule has 0 spiro atoms. The SMILES string of the molecule is NCCCCc1ccc(C=O)c2c1OCCCO2.